The molecule has 3 aromatic rings. The van der Waals surface area contributed by atoms with Crippen molar-refractivity contribution < 1.29 is 4.79 Å². The van der Waals surface area contributed by atoms with Gasteiger partial charge in [0.05, 0.1) is 22.1 Å². The molecule has 7 heteroatoms. The zero-order valence-corrected chi connectivity index (χ0v) is 15.7. The maximum Gasteiger partial charge on any atom is 0.251 e. The summed E-state index contributed by atoms with van der Waals surface area (Å²) in [6, 6.07) is 8.82. The van der Waals surface area contributed by atoms with E-state index in [1.165, 1.54) is 6.07 Å². The van der Waals surface area contributed by atoms with Crippen LogP contribution < -0.4 is 10.9 Å². The molecule has 3 rings (SSSR count). The number of thiazole rings is 1. The Balaban J connectivity index is 1.74. The maximum atomic E-state index is 12.4. The summed E-state index contributed by atoms with van der Waals surface area (Å²) in [5.74, 6) is 0.695. The minimum atomic E-state index is -0.227. The van der Waals surface area contributed by atoms with Crippen LogP contribution in [0.5, 0.6) is 0 Å². The van der Waals surface area contributed by atoms with Crippen LogP contribution in [0.25, 0.3) is 10.4 Å². The van der Waals surface area contributed by atoms with Crippen LogP contribution >= 0.6 is 11.3 Å². The Hall–Kier alpha value is -2.80. The lowest BCUT2D eigenvalue weighted by atomic mass is 10.1. The zero-order chi connectivity index (χ0) is 18.7. The number of benzene rings is 1. The van der Waals surface area contributed by atoms with E-state index in [0.717, 1.165) is 15.4 Å². The highest BCUT2D eigenvalue weighted by Gasteiger charge is 2.11. The molecule has 0 aliphatic heterocycles. The molecule has 2 aromatic heterocycles. The Kier molecular flexibility index (Phi) is 5.27. The van der Waals surface area contributed by atoms with Crippen LogP contribution in [0.3, 0.4) is 0 Å². The molecular formula is C19H20N4O2S. The number of hydrogen-bond donors (Lipinski definition) is 2. The summed E-state index contributed by atoms with van der Waals surface area (Å²) < 4.78 is 0. The van der Waals surface area contributed by atoms with Gasteiger partial charge in [-0.3, -0.25) is 9.59 Å². The maximum absolute atomic E-state index is 12.4. The predicted molar refractivity (Wildman–Crippen MR) is 102 cm³/mol. The van der Waals surface area contributed by atoms with Gasteiger partial charge in [-0.15, -0.1) is 11.3 Å². The quantitative estimate of drug-likeness (QED) is 0.724. The van der Waals surface area contributed by atoms with Gasteiger partial charge in [0.2, 0.25) is 0 Å². The molecule has 0 fully saturated rings. The largest absolute Gasteiger partial charge is 0.346 e. The molecule has 0 aliphatic carbocycles. The van der Waals surface area contributed by atoms with Gasteiger partial charge in [0.25, 0.3) is 11.5 Å². The summed E-state index contributed by atoms with van der Waals surface area (Å²) in [5.41, 5.74) is 1.82. The Morgan fingerprint density at radius 3 is 2.81 bits per heavy atom. The van der Waals surface area contributed by atoms with Gasteiger partial charge in [-0.25, -0.2) is 9.97 Å². The number of carbonyl (C=O) groups is 1. The number of aryl methyl sites for hydroxylation is 1. The van der Waals surface area contributed by atoms with Gasteiger partial charge < -0.3 is 10.3 Å². The number of carbonyl (C=O) groups excluding carboxylic acids is 1. The van der Waals surface area contributed by atoms with Crippen molar-refractivity contribution in [2.24, 2.45) is 0 Å². The molecule has 6 nitrogen and oxygen atoms in total. The summed E-state index contributed by atoms with van der Waals surface area (Å²) >= 11 is 1.64. The first kappa shape index (κ1) is 18.0. The number of aromatic amines is 1. The molecule has 0 saturated carbocycles. The third-order valence-corrected chi connectivity index (χ3v) is 5.12. The van der Waals surface area contributed by atoms with Crippen molar-refractivity contribution in [3.8, 4) is 10.4 Å². The lowest BCUT2D eigenvalue weighted by Gasteiger charge is -2.06. The lowest BCUT2D eigenvalue weighted by molar-refractivity contribution is 0.0950. The Morgan fingerprint density at radius 1 is 1.31 bits per heavy atom. The molecule has 0 saturated heterocycles. The molecule has 0 aliphatic rings. The number of H-pyrrole nitrogens is 1. The molecule has 134 valence electrons. The van der Waals surface area contributed by atoms with Crippen molar-refractivity contribution in [1.82, 2.24) is 20.3 Å². The van der Waals surface area contributed by atoms with Crippen molar-refractivity contribution in [3.63, 3.8) is 0 Å². The van der Waals surface area contributed by atoms with Crippen LogP contribution in [0.2, 0.25) is 0 Å². The second-order valence-electron chi connectivity index (χ2n) is 6.30. The van der Waals surface area contributed by atoms with Gasteiger partial charge in [0, 0.05) is 23.7 Å². The summed E-state index contributed by atoms with van der Waals surface area (Å²) in [6.45, 7) is 6.12. The van der Waals surface area contributed by atoms with Crippen LogP contribution in [0.15, 0.2) is 41.3 Å². The predicted octanol–water partition coefficient (Wildman–Crippen LogP) is 3.26. The first-order valence-corrected chi connectivity index (χ1v) is 9.15. The fraction of sp³-hybridized carbons (Fsp3) is 0.263. The average molecular weight is 368 g/mol. The molecule has 2 N–H and O–H groups in total. The molecule has 2 heterocycles. The third kappa shape index (κ3) is 4.23. The first-order valence-electron chi connectivity index (χ1n) is 8.33. The van der Waals surface area contributed by atoms with Crippen LogP contribution in [-0.4, -0.2) is 20.9 Å². The van der Waals surface area contributed by atoms with Crippen molar-refractivity contribution >= 4 is 17.2 Å². The lowest BCUT2D eigenvalue weighted by Crippen LogP contribution is -2.24. The van der Waals surface area contributed by atoms with E-state index in [-0.39, 0.29) is 18.0 Å². The standard InChI is InChI=1S/C19H20N4O2S/c1-11(2)19-21-10-16(26-19)13-5-4-6-14(7-13)18(25)20-9-15-8-17(24)23-12(3)22-15/h4-8,10-11H,9H2,1-3H3,(H,20,25)(H,22,23,24). The van der Waals surface area contributed by atoms with E-state index in [0.29, 0.717) is 23.0 Å². The second kappa shape index (κ2) is 7.61. The zero-order valence-electron chi connectivity index (χ0n) is 14.9. The minimum Gasteiger partial charge on any atom is -0.346 e. The minimum absolute atomic E-state index is 0.200. The van der Waals surface area contributed by atoms with Gasteiger partial charge in [-0.05, 0) is 24.6 Å². The number of nitrogens with one attached hydrogen (secondary N) is 2. The highest BCUT2D eigenvalue weighted by molar-refractivity contribution is 7.15. The van der Waals surface area contributed by atoms with Crippen molar-refractivity contribution in [2.45, 2.75) is 33.2 Å². The number of hydrogen-bond acceptors (Lipinski definition) is 5. The molecule has 0 unspecified atom stereocenters. The van der Waals surface area contributed by atoms with Gasteiger partial charge in [-0.1, -0.05) is 26.0 Å². The van der Waals surface area contributed by atoms with Gasteiger partial charge in [0.15, 0.2) is 0 Å². The van der Waals surface area contributed by atoms with Crippen molar-refractivity contribution in [2.75, 3.05) is 0 Å². The number of amides is 1. The topological polar surface area (TPSA) is 87.7 Å². The van der Waals surface area contributed by atoms with E-state index in [1.54, 1.807) is 24.3 Å². The van der Waals surface area contributed by atoms with Crippen molar-refractivity contribution in [3.05, 3.63) is 69.0 Å². The number of nitrogens with zero attached hydrogens (tertiary/aromatic N) is 2. The SMILES string of the molecule is Cc1nc(CNC(=O)c2cccc(-c3cnc(C(C)C)s3)c2)cc(=O)[nH]1. The van der Waals surface area contributed by atoms with Gasteiger partial charge >= 0.3 is 0 Å². The molecule has 0 spiro atoms. The Morgan fingerprint density at radius 2 is 2.12 bits per heavy atom. The first-order chi connectivity index (χ1) is 12.4. The van der Waals surface area contributed by atoms with Crippen LogP contribution in [0, 0.1) is 6.92 Å². The van der Waals surface area contributed by atoms with Crippen LogP contribution in [-0.2, 0) is 6.54 Å². The molecule has 1 aromatic carbocycles. The van der Waals surface area contributed by atoms with E-state index in [1.807, 2.05) is 24.4 Å². The Bertz CT molecular complexity index is 991. The fourth-order valence-corrected chi connectivity index (χ4v) is 3.42. The highest BCUT2D eigenvalue weighted by Crippen LogP contribution is 2.30. The van der Waals surface area contributed by atoms with Crippen LogP contribution in [0.4, 0.5) is 0 Å². The third-order valence-electron chi connectivity index (χ3n) is 3.77. The second-order valence-corrected chi connectivity index (χ2v) is 7.37. The molecule has 0 bridgehead atoms. The molecule has 26 heavy (non-hydrogen) atoms. The number of aromatic nitrogens is 3. The van der Waals surface area contributed by atoms with E-state index in [2.05, 4.69) is 34.1 Å². The molecular weight excluding hydrogens is 348 g/mol. The Labute approximate surface area is 155 Å². The molecule has 0 atom stereocenters. The van der Waals surface area contributed by atoms with Crippen LogP contribution in [0.1, 0.15) is 46.6 Å². The monoisotopic (exact) mass is 368 g/mol. The summed E-state index contributed by atoms with van der Waals surface area (Å²) in [6.07, 6.45) is 1.85. The van der Waals surface area contributed by atoms with E-state index >= 15 is 0 Å². The van der Waals surface area contributed by atoms with Gasteiger partial charge in [0.1, 0.15) is 5.82 Å². The smallest absolute Gasteiger partial charge is 0.251 e. The average Bonchev–Trinajstić information content (AvgIpc) is 3.09. The van der Waals surface area contributed by atoms with E-state index in [4.69, 9.17) is 0 Å². The summed E-state index contributed by atoms with van der Waals surface area (Å²) in [5, 5.41) is 3.88. The molecule has 0 radical (unpaired) electrons. The van der Waals surface area contributed by atoms with Crippen molar-refractivity contribution in [1.29, 1.82) is 0 Å². The number of rotatable bonds is 5. The fourth-order valence-electron chi connectivity index (χ4n) is 2.51. The van der Waals surface area contributed by atoms with E-state index < -0.39 is 0 Å². The summed E-state index contributed by atoms with van der Waals surface area (Å²) in [4.78, 5) is 36.2. The molecule has 1 amide bonds. The van der Waals surface area contributed by atoms with E-state index in [9.17, 15) is 9.59 Å². The summed E-state index contributed by atoms with van der Waals surface area (Å²) in [7, 11) is 0. The van der Waals surface area contributed by atoms with Gasteiger partial charge in [-0.2, -0.15) is 0 Å². The highest BCUT2D eigenvalue weighted by atomic mass is 32.1. The normalized spacial score (nSPS) is 10.9.